The van der Waals surface area contributed by atoms with Gasteiger partial charge in [0.05, 0.1) is 19.6 Å². The molecular formula is C66H94Cl2FN11O11. The number of aryl methyl sites for hydroxylation is 1. The van der Waals surface area contributed by atoms with Crippen LogP contribution in [0.1, 0.15) is 104 Å². The fraction of sp³-hybridized carbons (Fsp3) is 0.561. The minimum Gasteiger partial charge on any atom is -0.351 e. The number of hydrogen-bond acceptors (Lipinski definition) is 11. The molecule has 25 heteroatoms. The molecule has 0 aromatic heterocycles. The topological polar surface area (TPSA) is 259 Å². The molecule has 4 N–H and O–H groups in total. The Morgan fingerprint density at radius 1 is 0.516 bits per heavy atom. The third kappa shape index (κ3) is 22.3. The molecule has 0 bridgehead atoms. The second-order valence-corrected chi connectivity index (χ2v) is 25.9. The average Bonchev–Trinajstić information content (AvgIpc) is 1.67. The first-order valence-electron chi connectivity index (χ1n) is 30.9. The summed E-state index contributed by atoms with van der Waals surface area (Å²) in [5.41, 5.74) is 1.41. The molecule has 3 aromatic rings. The van der Waals surface area contributed by atoms with Crippen LogP contribution in [-0.4, -0.2) is 217 Å². The molecule has 0 saturated carbocycles. The fourth-order valence-corrected chi connectivity index (χ4v) is 10.8. The zero-order valence-electron chi connectivity index (χ0n) is 55.3. The molecular weight excluding hydrogens is 1210 g/mol. The first-order chi connectivity index (χ1) is 42.6. The zero-order chi connectivity index (χ0) is 68.3. The summed E-state index contributed by atoms with van der Waals surface area (Å²) in [5, 5.41) is 11.7. The molecule has 500 valence electrons. The molecule has 1 saturated heterocycles. The van der Waals surface area contributed by atoms with Crippen LogP contribution in [0.2, 0.25) is 10.0 Å². The monoisotopic (exact) mass is 1310 g/mol. The minimum atomic E-state index is -1.46. The standard InChI is InChI=1S/C66H94Cl2FN11O11/c1-16-41(6)59-66(91)76(11)37-57(83)74(9)38-58(84)78(13)53(34-45-22-26-47(67)27-23-45)64(89)75(10)36-55(81)71-50(29-25-46-24-28-48(68)35-49(46)69)61(86)72-51(30-39(2)3)63(88)80(15)54(33-44-20-18-17-19-21-44)65(90)79(14)52(31-40(4)5)62(87)70-42(7)32-56(82)77(12)43(8)60(85)73-59/h17-24,26-28,35,39-43,50-54,59H,16,25,29-34,36-38H2,1-15H3,(H,70,87)(H,71,81)(H,72,86)(H,73,85)/t41-,42+,43-,50-,51-,52-,53-,54-,59-/m0/s1. The average molecular weight is 1310 g/mol. The van der Waals surface area contributed by atoms with Crippen molar-refractivity contribution in [2.45, 2.75) is 155 Å². The highest BCUT2D eigenvalue weighted by Gasteiger charge is 2.40. The summed E-state index contributed by atoms with van der Waals surface area (Å²) in [6.07, 6.45) is -0.0395. The van der Waals surface area contributed by atoms with E-state index in [2.05, 4.69) is 21.3 Å². The maximum absolute atomic E-state index is 15.4. The summed E-state index contributed by atoms with van der Waals surface area (Å²) >= 11 is 12.3. The number of carbonyl (C=O) groups excluding carboxylic acids is 11. The fourth-order valence-electron chi connectivity index (χ4n) is 10.5. The van der Waals surface area contributed by atoms with Gasteiger partial charge < -0.3 is 55.6 Å². The molecule has 1 aliphatic rings. The number of hydrogen-bond donors (Lipinski definition) is 4. The molecule has 91 heavy (non-hydrogen) atoms. The van der Waals surface area contributed by atoms with Crippen molar-refractivity contribution in [1.29, 1.82) is 0 Å². The van der Waals surface area contributed by atoms with E-state index in [4.69, 9.17) is 23.2 Å². The molecule has 1 heterocycles. The van der Waals surface area contributed by atoms with Gasteiger partial charge in [0.15, 0.2) is 0 Å². The van der Waals surface area contributed by atoms with Crippen molar-refractivity contribution in [3.8, 4) is 0 Å². The quantitative estimate of drug-likeness (QED) is 0.182. The lowest BCUT2D eigenvalue weighted by Crippen LogP contribution is -2.60. The van der Waals surface area contributed by atoms with Gasteiger partial charge in [-0.05, 0) is 98.2 Å². The van der Waals surface area contributed by atoms with E-state index < -0.39 is 145 Å². The van der Waals surface area contributed by atoms with Crippen LogP contribution in [0.4, 0.5) is 4.39 Å². The maximum atomic E-state index is 15.4. The van der Waals surface area contributed by atoms with Gasteiger partial charge in [0, 0.05) is 84.7 Å². The molecule has 4 rings (SSSR count). The number of nitrogens with one attached hydrogen (secondary N) is 4. The highest BCUT2D eigenvalue weighted by atomic mass is 35.5. The van der Waals surface area contributed by atoms with E-state index in [-0.39, 0.29) is 67.4 Å². The van der Waals surface area contributed by atoms with Gasteiger partial charge in [-0.2, -0.15) is 0 Å². The van der Waals surface area contributed by atoms with Crippen molar-refractivity contribution < 1.29 is 57.1 Å². The SMILES string of the molecule is CC[C@H](C)[C@@H]1NC(=O)[C@H](C)N(C)C(=O)C[C@@H](C)NC(=O)[C@H](CC(C)C)N(C)C(=O)[C@H](Cc2ccccc2)N(C)C(=O)[C@H](CC(C)C)NC(=O)[C@H](CCc2ccc(Cl)cc2F)NC(=O)CN(C)C(=O)[C@H](Cc2ccc(Cl)cc2)N(C)C(=O)CN(C)C(=O)CN(C)C1=O. The van der Waals surface area contributed by atoms with E-state index in [0.29, 0.717) is 22.6 Å². The van der Waals surface area contributed by atoms with Crippen LogP contribution in [0.5, 0.6) is 0 Å². The molecule has 1 aliphatic heterocycles. The lowest BCUT2D eigenvalue weighted by molar-refractivity contribution is -0.149. The van der Waals surface area contributed by atoms with E-state index in [0.717, 1.165) is 25.7 Å². The molecule has 11 amide bonds. The Morgan fingerprint density at radius 3 is 1.65 bits per heavy atom. The summed E-state index contributed by atoms with van der Waals surface area (Å²) in [4.78, 5) is 167. The van der Waals surface area contributed by atoms with Crippen molar-refractivity contribution in [2.24, 2.45) is 17.8 Å². The summed E-state index contributed by atoms with van der Waals surface area (Å²) in [7, 11) is 9.73. The predicted octanol–water partition coefficient (Wildman–Crippen LogP) is 4.75. The van der Waals surface area contributed by atoms with Gasteiger partial charge in [-0.3, -0.25) is 52.7 Å². The Morgan fingerprint density at radius 2 is 1.07 bits per heavy atom. The molecule has 0 aliphatic carbocycles. The van der Waals surface area contributed by atoms with E-state index in [9.17, 15) is 43.2 Å². The summed E-state index contributed by atoms with van der Waals surface area (Å²) in [6.45, 7) is 12.3. The van der Waals surface area contributed by atoms with Gasteiger partial charge in [0.25, 0.3) is 0 Å². The number of amides is 11. The molecule has 0 radical (unpaired) electrons. The molecule has 1 fully saturated rings. The third-order valence-corrected chi connectivity index (χ3v) is 17.2. The van der Waals surface area contributed by atoms with E-state index >= 15 is 14.0 Å². The first kappa shape index (κ1) is 75.8. The molecule has 0 unspecified atom stereocenters. The smallest absolute Gasteiger partial charge is 0.246 e. The summed E-state index contributed by atoms with van der Waals surface area (Å²) < 4.78 is 15.4. The Balaban J connectivity index is 1.85. The summed E-state index contributed by atoms with van der Waals surface area (Å²) in [5.74, 6) is -8.95. The van der Waals surface area contributed by atoms with Crippen molar-refractivity contribution in [2.75, 3.05) is 69.0 Å². The second-order valence-electron chi connectivity index (χ2n) is 25.0. The number of likely N-dealkylation sites (N-methyl/N-ethyl adjacent to an activating group) is 7. The van der Waals surface area contributed by atoms with Crippen LogP contribution in [0.3, 0.4) is 0 Å². The lowest BCUT2D eigenvalue weighted by Gasteiger charge is -2.37. The van der Waals surface area contributed by atoms with Crippen molar-refractivity contribution in [3.63, 3.8) is 0 Å². The largest absolute Gasteiger partial charge is 0.351 e. The van der Waals surface area contributed by atoms with Crippen molar-refractivity contribution >= 4 is 88.2 Å². The Kier molecular flexibility index (Phi) is 29.3. The van der Waals surface area contributed by atoms with Crippen LogP contribution in [0, 0.1) is 23.6 Å². The second kappa shape index (κ2) is 35.2. The van der Waals surface area contributed by atoms with Gasteiger partial charge >= 0.3 is 0 Å². The van der Waals surface area contributed by atoms with Crippen LogP contribution in [0.25, 0.3) is 0 Å². The van der Waals surface area contributed by atoms with Gasteiger partial charge in [-0.1, -0.05) is 120 Å². The third-order valence-electron chi connectivity index (χ3n) is 16.7. The number of carbonyl (C=O) groups is 11. The summed E-state index contributed by atoms with van der Waals surface area (Å²) in [6, 6.07) is 9.95. The normalized spacial score (nSPS) is 23.6. The van der Waals surface area contributed by atoms with E-state index in [1.165, 1.54) is 83.1 Å². The van der Waals surface area contributed by atoms with Crippen LogP contribution < -0.4 is 21.3 Å². The number of halogens is 3. The molecule has 0 spiro atoms. The van der Waals surface area contributed by atoms with Gasteiger partial charge in [-0.25, -0.2) is 4.39 Å². The minimum absolute atomic E-state index is 0.0185. The van der Waals surface area contributed by atoms with Crippen LogP contribution >= 0.6 is 23.2 Å². The van der Waals surface area contributed by atoms with Crippen LogP contribution in [0.15, 0.2) is 72.8 Å². The van der Waals surface area contributed by atoms with E-state index in [1.807, 2.05) is 34.6 Å². The number of nitrogens with zero attached hydrogens (tertiary/aromatic N) is 7. The first-order valence-corrected chi connectivity index (χ1v) is 31.6. The zero-order valence-corrected chi connectivity index (χ0v) is 56.8. The lowest BCUT2D eigenvalue weighted by atomic mass is 9.97. The highest BCUT2D eigenvalue weighted by molar-refractivity contribution is 6.30. The van der Waals surface area contributed by atoms with Crippen molar-refractivity contribution in [3.05, 3.63) is 105 Å². The van der Waals surface area contributed by atoms with Gasteiger partial charge in [-0.15, -0.1) is 0 Å². The molecule has 9 atom stereocenters. The number of rotatable bonds is 13. The van der Waals surface area contributed by atoms with E-state index in [1.54, 1.807) is 68.4 Å². The molecule has 3 aromatic carbocycles. The Hall–Kier alpha value is -7.66. The molecule has 22 nitrogen and oxygen atoms in total. The van der Waals surface area contributed by atoms with Crippen LogP contribution in [-0.2, 0) is 72.0 Å². The van der Waals surface area contributed by atoms with Gasteiger partial charge in [0.2, 0.25) is 65.0 Å². The maximum Gasteiger partial charge on any atom is 0.246 e. The van der Waals surface area contributed by atoms with Crippen molar-refractivity contribution in [1.82, 2.24) is 55.6 Å². The van der Waals surface area contributed by atoms with Gasteiger partial charge in [0.1, 0.15) is 48.1 Å². The predicted molar refractivity (Wildman–Crippen MR) is 346 cm³/mol. The number of benzene rings is 3. The Labute approximate surface area is 545 Å². The Bertz CT molecular complexity index is 3050. The highest BCUT2D eigenvalue weighted by Crippen LogP contribution is 2.22.